The minimum Gasteiger partial charge on any atom is -0.486 e. The zero-order chi connectivity index (χ0) is 23.2. The smallest absolute Gasteiger partial charge is 0.255 e. The maximum absolute atomic E-state index is 12.6. The third-order valence-corrected chi connectivity index (χ3v) is 5.72. The number of hydrogen-bond donors (Lipinski definition) is 1. The van der Waals surface area contributed by atoms with E-state index >= 15 is 0 Å². The number of hydrogen-bond acceptors (Lipinski definition) is 6. The number of thiazole rings is 1. The van der Waals surface area contributed by atoms with Gasteiger partial charge in [-0.2, -0.15) is 0 Å². The summed E-state index contributed by atoms with van der Waals surface area (Å²) in [6.45, 7) is 0.342. The van der Waals surface area contributed by atoms with Gasteiger partial charge >= 0.3 is 0 Å². The van der Waals surface area contributed by atoms with E-state index in [9.17, 15) is 4.79 Å². The van der Waals surface area contributed by atoms with Crippen molar-refractivity contribution in [2.45, 2.75) is 6.61 Å². The van der Waals surface area contributed by atoms with Crippen molar-refractivity contribution < 1.29 is 18.7 Å². The normalized spacial score (nSPS) is 10.6. The number of carbonyl (C=O) groups is 1. The van der Waals surface area contributed by atoms with Crippen molar-refractivity contribution in [2.75, 3.05) is 5.32 Å². The number of benzene rings is 3. The number of aromatic nitrogens is 1. The van der Waals surface area contributed by atoms with E-state index in [0.717, 1.165) is 22.2 Å². The number of nitrogens with zero attached hydrogens (tertiary/aromatic N) is 1. The van der Waals surface area contributed by atoms with Gasteiger partial charge in [0.2, 0.25) is 0 Å². The number of amides is 1. The van der Waals surface area contributed by atoms with E-state index in [0.29, 0.717) is 29.4 Å². The summed E-state index contributed by atoms with van der Waals surface area (Å²) >= 11 is 1.51. The zero-order valence-corrected chi connectivity index (χ0v) is 18.8. The molecule has 1 N–H and O–H groups in total. The summed E-state index contributed by atoms with van der Waals surface area (Å²) in [5.41, 5.74) is 2.01. The number of rotatable bonds is 8. The number of para-hydroxylation sites is 1. The van der Waals surface area contributed by atoms with Gasteiger partial charge in [-0.25, -0.2) is 4.98 Å². The molecule has 5 rings (SSSR count). The van der Waals surface area contributed by atoms with Gasteiger partial charge in [0, 0.05) is 16.6 Å². The summed E-state index contributed by atoms with van der Waals surface area (Å²) in [6, 6.07) is 27.5. The first-order chi connectivity index (χ1) is 16.7. The van der Waals surface area contributed by atoms with E-state index in [1.54, 1.807) is 42.7 Å². The van der Waals surface area contributed by atoms with E-state index < -0.39 is 0 Å². The molecule has 168 valence electrons. The highest BCUT2D eigenvalue weighted by atomic mass is 32.1. The first kappa shape index (κ1) is 21.5. The molecule has 34 heavy (non-hydrogen) atoms. The highest BCUT2D eigenvalue weighted by molar-refractivity contribution is 7.09. The Morgan fingerprint density at radius 1 is 0.853 bits per heavy atom. The molecule has 1 amide bonds. The van der Waals surface area contributed by atoms with E-state index in [-0.39, 0.29) is 5.91 Å². The standard InChI is InChI=1S/C27H20N2O4S/c30-27(28-20-10-14-23(15-11-20)33-22-5-2-1-3-6-22)19-8-12-21(13-9-19)32-17-26-29-24(18-34-26)25-7-4-16-31-25/h1-16,18H,17H2,(H,28,30). The van der Waals surface area contributed by atoms with Crippen LogP contribution in [0.2, 0.25) is 0 Å². The summed E-state index contributed by atoms with van der Waals surface area (Å²) < 4.78 is 16.9. The summed E-state index contributed by atoms with van der Waals surface area (Å²) in [6.07, 6.45) is 1.62. The number of ether oxygens (including phenoxy) is 2. The molecule has 0 fully saturated rings. The molecule has 5 aromatic rings. The average molecular weight is 469 g/mol. The second-order valence-corrected chi connectivity index (χ2v) is 8.25. The molecular formula is C27H20N2O4S. The molecule has 0 aliphatic rings. The van der Waals surface area contributed by atoms with Crippen LogP contribution >= 0.6 is 11.3 Å². The quantitative estimate of drug-likeness (QED) is 0.265. The summed E-state index contributed by atoms with van der Waals surface area (Å²) in [5, 5.41) is 5.67. The fourth-order valence-corrected chi connectivity index (χ4v) is 3.89. The van der Waals surface area contributed by atoms with Gasteiger partial charge in [-0.1, -0.05) is 18.2 Å². The van der Waals surface area contributed by atoms with Gasteiger partial charge in [0.15, 0.2) is 5.76 Å². The highest BCUT2D eigenvalue weighted by Crippen LogP contribution is 2.25. The Morgan fingerprint density at radius 3 is 2.32 bits per heavy atom. The highest BCUT2D eigenvalue weighted by Gasteiger charge is 2.09. The molecule has 0 atom stereocenters. The predicted octanol–water partition coefficient (Wildman–Crippen LogP) is 7.03. The minimum atomic E-state index is -0.203. The average Bonchev–Trinajstić information content (AvgIpc) is 3.57. The van der Waals surface area contributed by atoms with Crippen LogP contribution in [0.4, 0.5) is 5.69 Å². The van der Waals surface area contributed by atoms with Crippen molar-refractivity contribution >= 4 is 22.9 Å². The molecule has 3 aromatic carbocycles. The van der Waals surface area contributed by atoms with Gasteiger partial charge in [0.25, 0.3) is 5.91 Å². The number of furan rings is 1. The summed E-state index contributed by atoms with van der Waals surface area (Å²) in [5.74, 6) is 2.65. The van der Waals surface area contributed by atoms with Gasteiger partial charge in [-0.15, -0.1) is 11.3 Å². The molecule has 0 aliphatic heterocycles. The Bertz CT molecular complexity index is 1350. The first-order valence-corrected chi connectivity index (χ1v) is 11.5. The second kappa shape index (κ2) is 10.1. The Balaban J connectivity index is 1.14. The molecule has 0 aliphatic carbocycles. The van der Waals surface area contributed by atoms with Crippen LogP contribution in [0.3, 0.4) is 0 Å². The molecule has 2 heterocycles. The van der Waals surface area contributed by atoms with Gasteiger partial charge < -0.3 is 19.2 Å². The van der Waals surface area contributed by atoms with Crippen LogP contribution in [0.1, 0.15) is 15.4 Å². The van der Waals surface area contributed by atoms with Crippen molar-refractivity contribution in [3.8, 4) is 28.7 Å². The Morgan fingerprint density at radius 2 is 1.59 bits per heavy atom. The first-order valence-electron chi connectivity index (χ1n) is 10.6. The molecule has 7 heteroatoms. The third-order valence-electron chi connectivity index (χ3n) is 4.90. The van der Waals surface area contributed by atoms with Crippen molar-refractivity contribution in [1.29, 1.82) is 0 Å². The largest absolute Gasteiger partial charge is 0.486 e. The number of anilines is 1. The second-order valence-electron chi connectivity index (χ2n) is 7.31. The molecule has 0 spiro atoms. The molecule has 2 aromatic heterocycles. The fraction of sp³-hybridized carbons (Fsp3) is 0.0370. The molecule has 0 unspecified atom stereocenters. The lowest BCUT2D eigenvalue weighted by atomic mass is 10.2. The fourth-order valence-electron chi connectivity index (χ4n) is 3.20. The lowest BCUT2D eigenvalue weighted by Crippen LogP contribution is -2.11. The number of carbonyl (C=O) groups excluding carboxylic acids is 1. The lowest BCUT2D eigenvalue weighted by Gasteiger charge is -2.09. The molecule has 0 saturated carbocycles. The van der Waals surface area contributed by atoms with Crippen LogP contribution < -0.4 is 14.8 Å². The zero-order valence-electron chi connectivity index (χ0n) is 18.0. The monoisotopic (exact) mass is 468 g/mol. The van der Waals surface area contributed by atoms with E-state index in [4.69, 9.17) is 13.9 Å². The van der Waals surface area contributed by atoms with E-state index in [2.05, 4.69) is 10.3 Å². The Hall–Kier alpha value is -4.36. The van der Waals surface area contributed by atoms with Crippen molar-refractivity contribution in [3.05, 3.63) is 113 Å². The van der Waals surface area contributed by atoms with Crippen LogP contribution in [0.25, 0.3) is 11.5 Å². The predicted molar refractivity (Wildman–Crippen MR) is 132 cm³/mol. The molecule has 0 radical (unpaired) electrons. The van der Waals surface area contributed by atoms with Crippen LogP contribution in [0, 0.1) is 0 Å². The number of nitrogens with one attached hydrogen (secondary N) is 1. The van der Waals surface area contributed by atoms with Gasteiger partial charge in [0.05, 0.1) is 6.26 Å². The van der Waals surface area contributed by atoms with Crippen molar-refractivity contribution in [2.24, 2.45) is 0 Å². The van der Waals surface area contributed by atoms with Gasteiger partial charge in [0.1, 0.15) is 34.6 Å². The van der Waals surface area contributed by atoms with E-state index in [1.807, 2.05) is 60.0 Å². The van der Waals surface area contributed by atoms with Crippen LogP contribution in [-0.2, 0) is 6.61 Å². The Labute approximate surface area is 200 Å². The summed E-state index contributed by atoms with van der Waals surface area (Å²) in [4.78, 5) is 17.1. The van der Waals surface area contributed by atoms with Crippen LogP contribution in [0.5, 0.6) is 17.2 Å². The lowest BCUT2D eigenvalue weighted by molar-refractivity contribution is 0.102. The van der Waals surface area contributed by atoms with Crippen molar-refractivity contribution in [3.63, 3.8) is 0 Å². The summed E-state index contributed by atoms with van der Waals surface area (Å²) in [7, 11) is 0. The van der Waals surface area contributed by atoms with E-state index in [1.165, 1.54) is 11.3 Å². The topological polar surface area (TPSA) is 73.6 Å². The third kappa shape index (κ3) is 5.33. The van der Waals surface area contributed by atoms with Gasteiger partial charge in [-0.3, -0.25) is 4.79 Å². The van der Waals surface area contributed by atoms with Crippen LogP contribution in [-0.4, -0.2) is 10.9 Å². The maximum atomic E-state index is 12.6. The SMILES string of the molecule is O=C(Nc1ccc(Oc2ccccc2)cc1)c1ccc(OCc2nc(-c3ccco3)cs2)cc1. The molecule has 0 saturated heterocycles. The molecular weight excluding hydrogens is 448 g/mol. The van der Waals surface area contributed by atoms with Crippen molar-refractivity contribution in [1.82, 2.24) is 4.98 Å². The van der Waals surface area contributed by atoms with Crippen LogP contribution in [0.15, 0.2) is 107 Å². The molecule has 0 bridgehead atoms. The Kier molecular flexibility index (Phi) is 6.36. The minimum absolute atomic E-state index is 0.203. The maximum Gasteiger partial charge on any atom is 0.255 e. The molecule has 6 nitrogen and oxygen atoms in total. The van der Waals surface area contributed by atoms with Gasteiger partial charge in [-0.05, 0) is 72.8 Å².